The third-order valence-electron chi connectivity index (χ3n) is 2.90. The van der Waals surface area contributed by atoms with Gasteiger partial charge in [-0.2, -0.15) is 0 Å². The highest BCUT2D eigenvalue weighted by Gasteiger charge is 2.22. The van der Waals surface area contributed by atoms with Crippen molar-refractivity contribution >= 4 is 22.6 Å². The molecule has 0 radical (unpaired) electrons. The van der Waals surface area contributed by atoms with Crippen LogP contribution in [0.4, 0.5) is 0 Å². The lowest BCUT2D eigenvalue weighted by atomic mass is 10.1. The Morgan fingerprint density at radius 2 is 2.28 bits per heavy atom. The Bertz CT molecular complexity index is 527. The van der Waals surface area contributed by atoms with Crippen LogP contribution in [0.2, 0.25) is 5.02 Å². The van der Waals surface area contributed by atoms with Gasteiger partial charge in [0.25, 0.3) is 0 Å². The summed E-state index contributed by atoms with van der Waals surface area (Å²) in [5.41, 5.74) is 3.40. The Morgan fingerprint density at radius 1 is 1.50 bits per heavy atom. The van der Waals surface area contributed by atoms with Gasteiger partial charge in [0.1, 0.15) is 11.8 Å². The molecular formula is C13H17ClN2O2. The summed E-state index contributed by atoms with van der Waals surface area (Å²) in [5, 5.41) is 1.56. The number of nitrogens with one attached hydrogen (secondary N) is 1. The van der Waals surface area contributed by atoms with E-state index in [0.29, 0.717) is 17.2 Å². The first kappa shape index (κ1) is 13.4. The molecule has 2 rings (SSSR count). The average molecular weight is 269 g/mol. The monoisotopic (exact) mass is 268 g/mol. The zero-order valence-corrected chi connectivity index (χ0v) is 11.2. The molecule has 2 aromatic rings. The molecule has 0 saturated heterocycles. The summed E-state index contributed by atoms with van der Waals surface area (Å²) in [6.07, 6.45) is -0.0839. The molecular weight excluding hydrogens is 252 g/mol. The third-order valence-corrected chi connectivity index (χ3v) is 3.20. The van der Waals surface area contributed by atoms with Gasteiger partial charge < -0.3 is 9.15 Å². The molecule has 1 aromatic heterocycles. The molecule has 5 heteroatoms. The quantitative estimate of drug-likeness (QED) is 0.646. The number of benzene rings is 1. The van der Waals surface area contributed by atoms with Crippen molar-refractivity contribution in [3.05, 3.63) is 35.0 Å². The van der Waals surface area contributed by atoms with Gasteiger partial charge in [-0.1, -0.05) is 23.7 Å². The molecule has 0 bridgehead atoms. The van der Waals surface area contributed by atoms with E-state index in [4.69, 9.17) is 26.6 Å². The minimum Gasteiger partial charge on any atom is -0.458 e. The highest BCUT2D eigenvalue weighted by Crippen LogP contribution is 2.30. The minimum atomic E-state index is -0.201. The minimum absolute atomic E-state index is 0.0839. The number of rotatable bonds is 5. The Kier molecular flexibility index (Phi) is 4.24. The van der Waals surface area contributed by atoms with Crippen LogP contribution >= 0.6 is 11.6 Å². The number of furan rings is 1. The van der Waals surface area contributed by atoms with E-state index in [1.807, 2.05) is 32.0 Å². The third kappa shape index (κ3) is 2.52. The predicted octanol–water partition coefficient (Wildman–Crippen LogP) is 3.02. The smallest absolute Gasteiger partial charge is 0.152 e. The van der Waals surface area contributed by atoms with Crippen LogP contribution in [0.3, 0.4) is 0 Å². The van der Waals surface area contributed by atoms with E-state index in [2.05, 4.69) is 5.43 Å². The van der Waals surface area contributed by atoms with Crippen molar-refractivity contribution in [1.29, 1.82) is 0 Å². The summed E-state index contributed by atoms with van der Waals surface area (Å²) < 4.78 is 11.3. The molecule has 2 atom stereocenters. The van der Waals surface area contributed by atoms with E-state index < -0.39 is 0 Å². The van der Waals surface area contributed by atoms with Crippen molar-refractivity contribution in [2.75, 3.05) is 6.61 Å². The molecule has 0 aliphatic carbocycles. The zero-order chi connectivity index (χ0) is 13.1. The molecule has 4 nitrogen and oxygen atoms in total. The second-order valence-electron chi connectivity index (χ2n) is 4.11. The molecule has 0 fully saturated rings. The van der Waals surface area contributed by atoms with E-state index in [1.165, 1.54) is 0 Å². The Morgan fingerprint density at radius 3 is 2.89 bits per heavy atom. The van der Waals surface area contributed by atoms with E-state index in [9.17, 15) is 0 Å². The fraction of sp³-hybridized carbons (Fsp3) is 0.385. The number of hydrazine groups is 1. The fourth-order valence-corrected chi connectivity index (χ4v) is 2.23. The van der Waals surface area contributed by atoms with Gasteiger partial charge in [0, 0.05) is 12.0 Å². The molecule has 0 spiro atoms. The average Bonchev–Trinajstić information content (AvgIpc) is 2.75. The second-order valence-corrected chi connectivity index (χ2v) is 4.52. The summed E-state index contributed by atoms with van der Waals surface area (Å²) in [5.74, 6) is 6.30. The number of nitrogens with two attached hydrogens (primary N) is 1. The molecule has 1 aromatic carbocycles. The summed E-state index contributed by atoms with van der Waals surface area (Å²) in [6.45, 7) is 4.52. The zero-order valence-electron chi connectivity index (χ0n) is 10.4. The molecule has 0 aliphatic rings. The number of halogens is 1. The normalized spacial score (nSPS) is 14.9. The first-order valence-electron chi connectivity index (χ1n) is 5.93. The van der Waals surface area contributed by atoms with Crippen molar-refractivity contribution < 1.29 is 9.15 Å². The molecule has 18 heavy (non-hydrogen) atoms. The lowest BCUT2D eigenvalue weighted by Crippen LogP contribution is -2.36. The summed E-state index contributed by atoms with van der Waals surface area (Å²) in [7, 11) is 0. The molecule has 0 aliphatic heterocycles. The van der Waals surface area contributed by atoms with Gasteiger partial charge in [-0.05, 0) is 26.0 Å². The van der Waals surface area contributed by atoms with Crippen molar-refractivity contribution in [1.82, 2.24) is 5.43 Å². The highest BCUT2D eigenvalue weighted by molar-refractivity contribution is 6.34. The highest BCUT2D eigenvalue weighted by atomic mass is 35.5. The molecule has 0 saturated carbocycles. The van der Waals surface area contributed by atoms with E-state index in [0.717, 1.165) is 11.1 Å². The number of fused-ring (bicyclic) bond motifs is 1. The van der Waals surface area contributed by atoms with Gasteiger partial charge >= 0.3 is 0 Å². The van der Waals surface area contributed by atoms with Gasteiger partial charge in [-0.25, -0.2) is 5.43 Å². The van der Waals surface area contributed by atoms with Gasteiger partial charge in [-0.15, -0.1) is 0 Å². The first-order valence-corrected chi connectivity index (χ1v) is 6.30. The van der Waals surface area contributed by atoms with E-state index >= 15 is 0 Å². The SMILES string of the molecule is CCOC(C)C(NN)c1cc2cccc(Cl)c2o1. The Balaban J connectivity index is 2.37. The molecule has 98 valence electrons. The van der Waals surface area contributed by atoms with Crippen LogP contribution < -0.4 is 11.3 Å². The maximum absolute atomic E-state index is 6.08. The van der Waals surface area contributed by atoms with E-state index in [1.54, 1.807) is 6.07 Å². The van der Waals surface area contributed by atoms with Gasteiger partial charge in [0.2, 0.25) is 0 Å². The van der Waals surface area contributed by atoms with Crippen molar-refractivity contribution in [3.8, 4) is 0 Å². The first-order chi connectivity index (χ1) is 8.67. The molecule has 0 amide bonds. The maximum Gasteiger partial charge on any atom is 0.152 e. The molecule has 1 heterocycles. The van der Waals surface area contributed by atoms with Crippen LogP contribution in [-0.2, 0) is 4.74 Å². The molecule has 3 N–H and O–H groups in total. The van der Waals surface area contributed by atoms with Crippen LogP contribution in [0, 0.1) is 0 Å². The standard InChI is InChI=1S/C13H17ClN2O2/c1-3-17-8(2)12(16-15)11-7-9-5-4-6-10(14)13(9)18-11/h4-8,12,16H,3,15H2,1-2H3. The predicted molar refractivity (Wildman–Crippen MR) is 72.4 cm³/mol. The second kappa shape index (κ2) is 5.71. The lowest BCUT2D eigenvalue weighted by Gasteiger charge is -2.20. The number of hydrogen-bond donors (Lipinski definition) is 2. The number of hydrogen-bond acceptors (Lipinski definition) is 4. The van der Waals surface area contributed by atoms with Crippen LogP contribution in [-0.4, -0.2) is 12.7 Å². The number of ether oxygens (including phenoxy) is 1. The van der Waals surface area contributed by atoms with Crippen molar-refractivity contribution in [2.24, 2.45) is 5.84 Å². The topological polar surface area (TPSA) is 60.4 Å². The summed E-state index contributed by atoms with van der Waals surface area (Å²) in [6, 6.07) is 7.37. The largest absolute Gasteiger partial charge is 0.458 e. The van der Waals surface area contributed by atoms with Gasteiger partial charge in [0.05, 0.1) is 11.1 Å². The van der Waals surface area contributed by atoms with Crippen LogP contribution in [0.5, 0.6) is 0 Å². The van der Waals surface area contributed by atoms with Crippen molar-refractivity contribution in [2.45, 2.75) is 26.0 Å². The van der Waals surface area contributed by atoms with Gasteiger partial charge in [-0.3, -0.25) is 5.84 Å². The number of para-hydroxylation sites is 1. The van der Waals surface area contributed by atoms with Crippen LogP contribution in [0.25, 0.3) is 11.0 Å². The van der Waals surface area contributed by atoms with Crippen molar-refractivity contribution in [3.63, 3.8) is 0 Å². The molecule has 2 unspecified atom stereocenters. The van der Waals surface area contributed by atoms with E-state index in [-0.39, 0.29) is 12.1 Å². The van der Waals surface area contributed by atoms with Gasteiger partial charge in [0.15, 0.2) is 5.58 Å². The maximum atomic E-state index is 6.08. The van der Waals surface area contributed by atoms with Crippen LogP contribution in [0.15, 0.2) is 28.7 Å². The Hall–Kier alpha value is -1.07. The lowest BCUT2D eigenvalue weighted by molar-refractivity contribution is 0.0418. The summed E-state index contributed by atoms with van der Waals surface area (Å²) in [4.78, 5) is 0. The van der Waals surface area contributed by atoms with Crippen LogP contribution in [0.1, 0.15) is 25.6 Å². The summed E-state index contributed by atoms with van der Waals surface area (Å²) >= 11 is 6.08. The fourth-order valence-electron chi connectivity index (χ4n) is 2.01. The Labute approximate surface area is 111 Å².